The van der Waals surface area contributed by atoms with Crippen LogP contribution in [0.15, 0.2) is 100 Å². The van der Waals surface area contributed by atoms with E-state index in [4.69, 9.17) is 23.7 Å². The Morgan fingerprint density at radius 2 is 1.51 bits per heavy atom. The van der Waals surface area contributed by atoms with Crippen molar-refractivity contribution in [1.29, 1.82) is 0 Å². The van der Waals surface area contributed by atoms with Crippen LogP contribution >= 0.6 is 0 Å². The van der Waals surface area contributed by atoms with Gasteiger partial charge in [0.15, 0.2) is 12.0 Å². The summed E-state index contributed by atoms with van der Waals surface area (Å²) in [6.07, 6.45) is 3.03. The van der Waals surface area contributed by atoms with Gasteiger partial charge in [0.2, 0.25) is 11.8 Å². The fourth-order valence-electron chi connectivity index (χ4n) is 5.24. The van der Waals surface area contributed by atoms with Crippen LogP contribution in [-0.2, 0) is 23.9 Å². The number of nitrogens with one attached hydrogen (secondary N) is 3. The molecule has 3 aromatic carbocycles. The molecule has 274 valence electrons. The predicted octanol–water partition coefficient (Wildman–Crippen LogP) is 3.44. The van der Waals surface area contributed by atoms with Crippen molar-refractivity contribution >= 4 is 40.7 Å². The molecule has 1 aliphatic carbocycles. The Bertz CT molecular complexity index is 2130. The van der Waals surface area contributed by atoms with Crippen LogP contribution in [0.1, 0.15) is 15.9 Å². The Hall–Kier alpha value is -6.51. The van der Waals surface area contributed by atoms with Gasteiger partial charge in [-0.25, -0.2) is 4.79 Å². The smallest absolute Gasteiger partial charge is 0.341 e. The van der Waals surface area contributed by atoms with Crippen molar-refractivity contribution in [1.82, 2.24) is 16.0 Å². The van der Waals surface area contributed by atoms with E-state index in [0.717, 1.165) is 5.56 Å². The summed E-state index contributed by atoms with van der Waals surface area (Å²) in [7, 11) is 0. The van der Waals surface area contributed by atoms with Gasteiger partial charge in [0.25, 0.3) is 5.91 Å². The minimum absolute atomic E-state index is 0.151. The van der Waals surface area contributed by atoms with E-state index in [1.165, 1.54) is 36.4 Å². The number of phenolic OH excluding ortho intramolecular Hbond substituents is 1. The molecule has 0 atom stereocenters. The standard InChI is InChI=1S/C39H37N3O11/c43-26-8-5-25(6-9-26)7-14-35(45)40-15-17-50-19-20-51-18-16-41-36(46)23-42-39(49)30-4-2-1-3-29(30)38-31-12-10-27(44)21-33(31)53-34-22-28(11-13-32(34)38)52-24-37(47)48/h1-14,21-22,43H,15-20,23-24H2,(H,40,45)(H,41,46)(H,42,49)(H,47,48)/b14-7+. The van der Waals surface area contributed by atoms with Gasteiger partial charge in [-0.1, -0.05) is 30.3 Å². The number of phenols is 1. The van der Waals surface area contributed by atoms with E-state index in [2.05, 4.69) is 16.0 Å². The molecule has 53 heavy (non-hydrogen) atoms. The minimum atomic E-state index is -1.14. The fraction of sp³-hybridized carbons (Fsp3) is 0.205. The van der Waals surface area contributed by atoms with Gasteiger partial charge in [-0.05, 0) is 59.7 Å². The molecule has 0 fully saturated rings. The summed E-state index contributed by atoms with van der Waals surface area (Å²) in [4.78, 5) is 61.0. The lowest BCUT2D eigenvalue weighted by Crippen LogP contribution is -2.38. The number of hydrogen-bond donors (Lipinski definition) is 5. The zero-order valence-electron chi connectivity index (χ0n) is 28.5. The molecule has 1 aliphatic heterocycles. The Labute approximate surface area is 303 Å². The summed E-state index contributed by atoms with van der Waals surface area (Å²) in [5.41, 5.74) is 2.79. The lowest BCUT2D eigenvalue weighted by molar-refractivity contribution is -0.139. The number of carboxylic acids is 1. The monoisotopic (exact) mass is 723 g/mol. The molecule has 3 aromatic rings. The number of carbonyl (C=O) groups is 4. The van der Waals surface area contributed by atoms with Crippen LogP contribution in [0, 0.1) is 0 Å². The molecule has 2 aliphatic rings. The van der Waals surface area contributed by atoms with E-state index < -0.39 is 24.4 Å². The van der Waals surface area contributed by atoms with Gasteiger partial charge in [0.05, 0.1) is 33.0 Å². The van der Waals surface area contributed by atoms with Crippen molar-refractivity contribution in [2.24, 2.45) is 0 Å². The molecule has 3 amide bonds. The average Bonchev–Trinajstić information content (AvgIpc) is 3.15. The second kappa shape index (κ2) is 18.6. The van der Waals surface area contributed by atoms with Crippen LogP contribution in [0.4, 0.5) is 0 Å². The van der Waals surface area contributed by atoms with Gasteiger partial charge in [-0.15, -0.1) is 0 Å². The maximum absolute atomic E-state index is 13.4. The maximum atomic E-state index is 13.4. The molecular formula is C39H37N3O11. The first kappa shape index (κ1) is 37.7. The van der Waals surface area contributed by atoms with Crippen LogP contribution in [0.2, 0.25) is 0 Å². The number of aliphatic carboxylic acids is 1. The molecule has 0 bridgehead atoms. The maximum Gasteiger partial charge on any atom is 0.341 e. The molecule has 5 N–H and O–H groups in total. The van der Waals surface area contributed by atoms with Gasteiger partial charge in [-0.3, -0.25) is 19.2 Å². The zero-order valence-corrected chi connectivity index (χ0v) is 28.5. The summed E-state index contributed by atoms with van der Waals surface area (Å²) in [6.45, 7) is 0.761. The normalized spacial score (nSPS) is 11.1. The van der Waals surface area contributed by atoms with Crippen molar-refractivity contribution in [2.75, 3.05) is 52.7 Å². The number of carboxylic acid groups (broad SMARTS) is 1. The number of aromatic hydroxyl groups is 1. The second-order valence-corrected chi connectivity index (χ2v) is 11.5. The van der Waals surface area contributed by atoms with Gasteiger partial charge < -0.3 is 44.8 Å². The largest absolute Gasteiger partial charge is 0.508 e. The van der Waals surface area contributed by atoms with Crippen molar-refractivity contribution < 1.29 is 48.0 Å². The van der Waals surface area contributed by atoms with Crippen molar-refractivity contribution in [3.05, 3.63) is 112 Å². The Morgan fingerprint density at radius 3 is 2.26 bits per heavy atom. The van der Waals surface area contributed by atoms with E-state index in [1.807, 2.05) is 0 Å². The third-order valence-corrected chi connectivity index (χ3v) is 7.68. The summed E-state index contributed by atoms with van der Waals surface area (Å²) in [5, 5.41) is 26.9. The molecular weight excluding hydrogens is 686 g/mol. The highest BCUT2D eigenvalue weighted by Gasteiger charge is 2.22. The molecule has 0 radical (unpaired) electrons. The second-order valence-electron chi connectivity index (χ2n) is 11.5. The lowest BCUT2D eigenvalue weighted by Gasteiger charge is -2.18. The first-order valence-corrected chi connectivity index (χ1v) is 16.6. The van der Waals surface area contributed by atoms with E-state index in [9.17, 15) is 29.1 Å². The zero-order chi connectivity index (χ0) is 37.6. The summed E-state index contributed by atoms with van der Waals surface area (Å²) < 4.78 is 22.2. The number of benzene rings is 4. The SMILES string of the molecule is O=C(O)COc1ccc2c(-c3ccccc3C(=O)NCC(=O)NCCOCCOCCNC(=O)/C=C/c3ccc(O)cc3)c3ccc(=O)cc-3oc2c1. The highest BCUT2D eigenvalue weighted by molar-refractivity contribution is 6.09. The number of fused-ring (bicyclic) bond motifs is 2. The highest BCUT2D eigenvalue weighted by atomic mass is 16.5. The third kappa shape index (κ3) is 11.0. The van der Waals surface area contributed by atoms with Crippen molar-refractivity contribution in [2.45, 2.75) is 0 Å². The average molecular weight is 724 g/mol. The van der Waals surface area contributed by atoms with Crippen LogP contribution in [0.5, 0.6) is 11.5 Å². The van der Waals surface area contributed by atoms with Crippen LogP contribution in [0.25, 0.3) is 39.5 Å². The van der Waals surface area contributed by atoms with Gasteiger partial charge >= 0.3 is 5.97 Å². The van der Waals surface area contributed by atoms with Crippen LogP contribution in [-0.4, -0.2) is 86.6 Å². The van der Waals surface area contributed by atoms with E-state index >= 15 is 0 Å². The number of rotatable bonds is 18. The van der Waals surface area contributed by atoms with Crippen molar-refractivity contribution in [3.8, 4) is 33.9 Å². The first-order chi connectivity index (χ1) is 25.7. The Balaban J connectivity index is 1.07. The molecule has 14 nitrogen and oxygen atoms in total. The minimum Gasteiger partial charge on any atom is -0.508 e. The molecule has 0 unspecified atom stereocenters. The number of amides is 3. The lowest BCUT2D eigenvalue weighted by atomic mass is 9.90. The fourth-order valence-corrected chi connectivity index (χ4v) is 5.24. The molecule has 0 spiro atoms. The van der Waals surface area contributed by atoms with Crippen molar-refractivity contribution in [3.63, 3.8) is 0 Å². The van der Waals surface area contributed by atoms with E-state index in [-0.39, 0.29) is 60.5 Å². The Morgan fingerprint density at radius 1 is 0.774 bits per heavy atom. The molecule has 14 heteroatoms. The quantitative estimate of drug-likeness (QED) is 0.0504. The van der Waals surface area contributed by atoms with Gasteiger partial charge in [-0.2, -0.15) is 0 Å². The van der Waals surface area contributed by atoms with E-state index in [0.29, 0.717) is 47.4 Å². The third-order valence-electron chi connectivity index (χ3n) is 7.68. The molecule has 5 rings (SSSR count). The molecule has 0 saturated heterocycles. The predicted molar refractivity (Wildman–Crippen MR) is 195 cm³/mol. The molecule has 0 aromatic heterocycles. The summed E-state index contributed by atoms with van der Waals surface area (Å²) in [5.74, 6) is -1.67. The molecule has 0 saturated carbocycles. The summed E-state index contributed by atoms with van der Waals surface area (Å²) in [6, 6.07) is 22.4. The van der Waals surface area contributed by atoms with Crippen LogP contribution < -0.4 is 26.1 Å². The van der Waals surface area contributed by atoms with Crippen LogP contribution in [0.3, 0.4) is 0 Å². The number of carbonyl (C=O) groups excluding carboxylic acids is 3. The topological polar surface area (TPSA) is 203 Å². The number of ether oxygens (including phenoxy) is 3. The number of hydrogen-bond acceptors (Lipinski definition) is 10. The molecule has 1 heterocycles. The van der Waals surface area contributed by atoms with Gasteiger partial charge in [0, 0.05) is 53.4 Å². The summed E-state index contributed by atoms with van der Waals surface area (Å²) >= 11 is 0. The van der Waals surface area contributed by atoms with E-state index in [1.54, 1.807) is 60.7 Å². The Kier molecular flexibility index (Phi) is 13.3. The van der Waals surface area contributed by atoms with Gasteiger partial charge in [0.1, 0.15) is 22.8 Å². The first-order valence-electron chi connectivity index (χ1n) is 16.6. The highest BCUT2D eigenvalue weighted by Crippen LogP contribution is 2.42.